The minimum Gasteiger partial charge on any atom is -0.466 e. The van der Waals surface area contributed by atoms with Gasteiger partial charge in [-0.1, -0.05) is 0 Å². The van der Waals surface area contributed by atoms with Crippen molar-refractivity contribution in [2.75, 3.05) is 6.61 Å². The summed E-state index contributed by atoms with van der Waals surface area (Å²) in [4.78, 5) is 14.4. The number of carbonyl (C=O) groups is 1. The van der Waals surface area contributed by atoms with Crippen molar-refractivity contribution in [1.29, 1.82) is 0 Å². The van der Waals surface area contributed by atoms with Crippen LogP contribution in [0.4, 0.5) is 26.3 Å². The molecule has 0 aliphatic heterocycles. The maximum atomic E-state index is 12.8. The molecular weight excluding hydrogens is 292 g/mol. The molecule has 0 aromatic carbocycles. The highest BCUT2D eigenvalue weighted by atomic mass is 19.4. The third-order valence-corrected chi connectivity index (χ3v) is 2.24. The molecule has 0 aliphatic rings. The molecule has 0 amide bonds. The summed E-state index contributed by atoms with van der Waals surface area (Å²) in [7, 11) is 0. The Labute approximate surface area is 109 Å². The molecule has 0 bridgehead atoms. The largest absolute Gasteiger partial charge is 0.466 e. The Morgan fingerprint density at radius 3 is 2.25 bits per heavy atom. The molecule has 0 saturated carbocycles. The second kappa shape index (κ2) is 5.68. The number of ether oxygens (including phenoxy) is 1. The maximum absolute atomic E-state index is 12.8. The molecule has 3 nitrogen and oxygen atoms in total. The predicted octanol–water partition coefficient (Wildman–Crippen LogP) is 3.22. The summed E-state index contributed by atoms with van der Waals surface area (Å²) in [6, 6.07) is 0.220. The lowest BCUT2D eigenvalue weighted by Crippen LogP contribution is -2.22. The number of nitrogens with zero attached hydrogens (tertiary/aromatic N) is 1. The summed E-state index contributed by atoms with van der Waals surface area (Å²) in [6.45, 7) is 1.32. The van der Waals surface area contributed by atoms with Gasteiger partial charge in [-0.3, -0.25) is 9.78 Å². The number of rotatable bonds is 3. The average Bonchev–Trinajstić information content (AvgIpc) is 2.26. The van der Waals surface area contributed by atoms with Gasteiger partial charge in [0.1, 0.15) is 0 Å². The molecule has 0 saturated heterocycles. The van der Waals surface area contributed by atoms with Crippen LogP contribution in [0.3, 0.4) is 0 Å². The normalized spacial score (nSPS) is 12.3. The van der Waals surface area contributed by atoms with Crippen molar-refractivity contribution >= 4 is 5.97 Å². The van der Waals surface area contributed by atoms with Crippen molar-refractivity contribution in [1.82, 2.24) is 4.98 Å². The van der Waals surface area contributed by atoms with Crippen LogP contribution in [0.25, 0.3) is 0 Å². The number of pyridine rings is 1. The summed E-state index contributed by atoms with van der Waals surface area (Å²) in [5.74, 6) is -1.08. The second-order valence-electron chi connectivity index (χ2n) is 3.66. The molecule has 20 heavy (non-hydrogen) atoms. The second-order valence-corrected chi connectivity index (χ2v) is 3.66. The molecule has 112 valence electrons. The van der Waals surface area contributed by atoms with Gasteiger partial charge in [0.2, 0.25) is 0 Å². The number of carbonyl (C=O) groups excluding carboxylic acids is 1. The summed E-state index contributed by atoms with van der Waals surface area (Å²) in [5, 5.41) is 0. The first-order chi connectivity index (χ1) is 9.07. The molecule has 0 spiro atoms. The highest BCUT2D eigenvalue weighted by Crippen LogP contribution is 2.41. The average molecular weight is 301 g/mol. The number of hydrogen-bond donors (Lipinski definition) is 0. The van der Waals surface area contributed by atoms with Crippen LogP contribution in [0.2, 0.25) is 0 Å². The van der Waals surface area contributed by atoms with Gasteiger partial charge >= 0.3 is 18.3 Å². The number of aromatic nitrogens is 1. The van der Waals surface area contributed by atoms with Gasteiger partial charge < -0.3 is 4.74 Å². The van der Waals surface area contributed by atoms with Gasteiger partial charge in [-0.2, -0.15) is 26.3 Å². The van der Waals surface area contributed by atoms with Crippen molar-refractivity contribution in [2.24, 2.45) is 0 Å². The van der Waals surface area contributed by atoms with Crippen molar-refractivity contribution in [3.63, 3.8) is 0 Å². The van der Waals surface area contributed by atoms with Gasteiger partial charge in [-0.25, -0.2) is 0 Å². The molecule has 0 atom stereocenters. The third-order valence-electron chi connectivity index (χ3n) is 2.24. The fourth-order valence-corrected chi connectivity index (χ4v) is 1.54. The molecule has 1 aromatic rings. The minimum atomic E-state index is -5.28. The van der Waals surface area contributed by atoms with Crippen molar-refractivity contribution in [3.8, 4) is 0 Å². The van der Waals surface area contributed by atoms with Gasteiger partial charge in [0, 0.05) is 6.20 Å². The van der Waals surface area contributed by atoms with E-state index < -0.39 is 41.6 Å². The van der Waals surface area contributed by atoms with Crippen LogP contribution in [-0.4, -0.2) is 17.6 Å². The van der Waals surface area contributed by atoms with Gasteiger partial charge in [0.05, 0.1) is 29.8 Å². The zero-order valence-corrected chi connectivity index (χ0v) is 10.1. The molecule has 1 heterocycles. The zero-order valence-electron chi connectivity index (χ0n) is 10.1. The van der Waals surface area contributed by atoms with Gasteiger partial charge in [-0.05, 0) is 13.0 Å². The van der Waals surface area contributed by atoms with Gasteiger partial charge in [-0.15, -0.1) is 0 Å². The molecule has 0 unspecified atom stereocenters. The minimum absolute atomic E-state index is 0.0981. The molecule has 1 aromatic heterocycles. The molecule has 0 radical (unpaired) electrons. The van der Waals surface area contributed by atoms with E-state index in [2.05, 4.69) is 9.72 Å². The highest BCUT2D eigenvalue weighted by molar-refractivity contribution is 5.72. The monoisotopic (exact) mass is 301 g/mol. The van der Waals surface area contributed by atoms with E-state index in [1.165, 1.54) is 6.92 Å². The van der Waals surface area contributed by atoms with Crippen LogP contribution in [0, 0.1) is 0 Å². The quantitative estimate of drug-likeness (QED) is 0.635. The predicted molar refractivity (Wildman–Crippen MR) is 54.6 cm³/mol. The first-order valence-corrected chi connectivity index (χ1v) is 5.35. The number of hydrogen-bond acceptors (Lipinski definition) is 3. The van der Waals surface area contributed by atoms with Gasteiger partial charge in [0.15, 0.2) is 0 Å². The Morgan fingerprint density at radius 2 is 1.80 bits per heavy atom. The van der Waals surface area contributed by atoms with E-state index in [9.17, 15) is 31.1 Å². The zero-order chi connectivity index (χ0) is 15.6. The highest BCUT2D eigenvalue weighted by Gasteiger charge is 2.45. The Hall–Kier alpha value is -1.80. The molecule has 0 fully saturated rings. The van der Waals surface area contributed by atoms with E-state index in [0.717, 1.165) is 0 Å². The smallest absolute Gasteiger partial charge is 0.418 e. The molecular formula is C11H9F6NO2. The van der Waals surface area contributed by atoms with Gasteiger partial charge in [0.25, 0.3) is 0 Å². The fraction of sp³-hybridized carbons (Fsp3) is 0.455. The SMILES string of the molecule is CCOC(=O)Cc1nccc(C(F)(F)F)c1C(F)(F)F. The Morgan fingerprint density at radius 1 is 1.20 bits per heavy atom. The topological polar surface area (TPSA) is 39.2 Å². The molecule has 1 rings (SSSR count). The van der Waals surface area contributed by atoms with Crippen LogP contribution in [0.15, 0.2) is 12.3 Å². The third kappa shape index (κ3) is 3.84. The van der Waals surface area contributed by atoms with E-state index in [-0.39, 0.29) is 12.7 Å². The molecule has 9 heteroatoms. The lowest BCUT2D eigenvalue weighted by Gasteiger charge is -2.17. The van der Waals surface area contributed by atoms with E-state index in [1.54, 1.807) is 0 Å². The Kier molecular flexibility index (Phi) is 4.61. The van der Waals surface area contributed by atoms with E-state index in [0.29, 0.717) is 6.20 Å². The van der Waals surface area contributed by atoms with Crippen molar-refractivity contribution in [3.05, 3.63) is 29.1 Å². The lowest BCUT2D eigenvalue weighted by molar-refractivity contribution is -0.163. The molecule has 0 aliphatic carbocycles. The van der Waals surface area contributed by atoms with Crippen LogP contribution in [0.5, 0.6) is 0 Å². The van der Waals surface area contributed by atoms with E-state index >= 15 is 0 Å². The maximum Gasteiger partial charge on any atom is 0.418 e. The first-order valence-electron chi connectivity index (χ1n) is 5.35. The lowest BCUT2D eigenvalue weighted by atomic mass is 10.0. The Bertz CT molecular complexity index is 495. The van der Waals surface area contributed by atoms with Crippen LogP contribution in [-0.2, 0) is 28.3 Å². The number of alkyl halides is 6. The van der Waals surface area contributed by atoms with Crippen molar-refractivity contribution < 1.29 is 35.9 Å². The summed E-state index contributed by atoms with van der Waals surface area (Å²) >= 11 is 0. The van der Waals surface area contributed by atoms with E-state index in [1.807, 2.05) is 0 Å². The number of halogens is 6. The molecule has 0 N–H and O–H groups in total. The Balaban J connectivity index is 3.35. The van der Waals surface area contributed by atoms with Crippen LogP contribution in [0.1, 0.15) is 23.7 Å². The van der Waals surface area contributed by atoms with Crippen molar-refractivity contribution in [2.45, 2.75) is 25.7 Å². The summed E-state index contributed by atoms with van der Waals surface area (Å²) < 4.78 is 80.6. The summed E-state index contributed by atoms with van der Waals surface area (Å²) in [5.41, 5.74) is -4.84. The standard InChI is InChI=1S/C11H9F6NO2/c1-2-20-8(19)5-7-9(11(15,16)17)6(3-4-18-7)10(12,13)14/h3-4H,2,5H2,1H3. The first kappa shape index (κ1) is 16.3. The van der Waals surface area contributed by atoms with Crippen LogP contribution < -0.4 is 0 Å². The van der Waals surface area contributed by atoms with E-state index in [4.69, 9.17) is 0 Å². The van der Waals surface area contributed by atoms with Crippen LogP contribution >= 0.6 is 0 Å². The summed E-state index contributed by atoms with van der Waals surface area (Å²) in [6.07, 6.45) is -10.9. The fourth-order valence-electron chi connectivity index (χ4n) is 1.54. The number of esters is 1.